The molecule has 164 valence electrons. The summed E-state index contributed by atoms with van der Waals surface area (Å²) in [5, 5.41) is 0. The van der Waals surface area contributed by atoms with Crippen LogP contribution in [-0.2, 0) is 5.41 Å². The standard InChI is InChI=1S/C30H22IN3/c1-30(2)25-17-21(13-15-23(25)24-16-14-22(31)18-26(24)30)29-33-27(19-9-5-3-6-10-19)32-28(34-29)20-11-7-4-8-12-20/h3-18H,1-2H3. The molecule has 0 fully saturated rings. The van der Waals surface area contributed by atoms with Crippen molar-refractivity contribution < 1.29 is 0 Å². The number of fused-ring (bicyclic) bond motifs is 3. The fourth-order valence-corrected chi connectivity index (χ4v) is 5.28. The van der Waals surface area contributed by atoms with Gasteiger partial charge in [-0.25, -0.2) is 15.0 Å². The van der Waals surface area contributed by atoms with Crippen LogP contribution in [0.5, 0.6) is 0 Å². The molecule has 1 aromatic heterocycles. The van der Waals surface area contributed by atoms with Gasteiger partial charge in [-0.15, -0.1) is 0 Å². The van der Waals surface area contributed by atoms with E-state index in [1.165, 1.54) is 25.8 Å². The predicted octanol–water partition coefficient (Wildman–Crippen LogP) is 7.78. The summed E-state index contributed by atoms with van der Waals surface area (Å²) in [5.74, 6) is 2.06. The monoisotopic (exact) mass is 551 g/mol. The van der Waals surface area contributed by atoms with Gasteiger partial charge in [0, 0.05) is 25.7 Å². The summed E-state index contributed by atoms with van der Waals surface area (Å²) < 4.78 is 1.26. The molecule has 1 heterocycles. The molecule has 3 nitrogen and oxygen atoms in total. The van der Waals surface area contributed by atoms with Crippen LogP contribution in [0, 0.1) is 3.57 Å². The number of halogens is 1. The minimum Gasteiger partial charge on any atom is -0.208 e. The fraction of sp³-hybridized carbons (Fsp3) is 0.100. The highest BCUT2D eigenvalue weighted by atomic mass is 127. The van der Waals surface area contributed by atoms with E-state index in [9.17, 15) is 0 Å². The molecule has 0 bridgehead atoms. The number of hydrogen-bond donors (Lipinski definition) is 0. The molecule has 5 aromatic rings. The van der Waals surface area contributed by atoms with E-state index in [0.29, 0.717) is 17.5 Å². The Kier molecular flexibility index (Phi) is 5.06. The Bertz CT molecular complexity index is 1470. The Morgan fingerprint density at radius 1 is 0.529 bits per heavy atom. The van der Waals surface area contributed by atoms with E-state index in [1.54, 1.807) is 0 Å². The highest BCUT2D eigenvalue weighted by Crippen LogP contribution is 2.49. The Hall–Kier alpha value is -3.38. The van der Waals surface area contributed by atoms with Gasteiger partial charge in [0.05, 0.1) is 0 Å². The van der Waals surface area contributed by atoms with Gasteiger partial charge in [-0.3, -0.25) is 0 Å². The first-order valence-electron chi connectivity index (χ1n) is 11.3. The molecule has 34 heavy (non-hydrogen) atoms. The number of benzene rings is 4. The third-order valence-corrected chi connectivity index (χ3v) is 7.27. The predicted molar refractivity (Wildman–Crippen MR) is 146 cm³/mol. The molecule has 0 N–H and O–H groups in total. The van der Waals surface area contributed by atoms with E-state index in [-0.39, 0.29) is 5.41 Å². The first-order chi connectivity index (χ1) is 16.5. The zero-order chi connectivity index (χ0) is 23.3. The molecule has 0 saturated heterocycles. The molecule has 4 aromatic carbocycles. The second-order valence-corrected chi connectivity index (χ2v) is 10.4. The fourth-order valence-electron chi connectivity index (χ4n) is 4.79. The maximum atomic E-state index is 4.91. The molecule has 0 radical (unpaired) electrons. The highest BCUT2D eigenvalue weighted by molar-refractivity contribution is 14.1. The van der Waals surface area contributed by atoms with Crippen molar-refractivity contribution in [1.29, 1.82) is 0 Å². The van der Waals surface area contributed by atoms with Crippen LogP contribution in [0.4, 0.5) is 0 Å². The maximum absolute atomic E-state index is 4.91. The summed E-state index contributed by atoms with van der Waals surface area (Å²) in [7, 11) is 0. The lowest BCUT2D eigenvalue weighted by Gasteiger charge is -2.22. The molecule has 0 saturated carbocycles. The van der Waals surface area contributed by atoms with Crippen LogP contribution < -0.4 is 0 Å². The molecular formula is C30H22IN3. The highest BCUT2D eigenvalue weighted by Gasteiger charge is 2.35. The van der Waals surface area contributed by atoms with Crippen molar-refractivity contribution in [3.05, 3.63) is 112 Å². The van der Waals surface area contributed by atoms with Crippen LogP contribution in [0.25, 0.3) is 45.3 Å². The summed E-state index contributed by atoms with van der Waals surface area (Å²) in [6.07, 6.45) is 0. The minimum atomic E-state index is -0.0839. The van der Waals surface area contributed by atoms with Crippen LogP contribution in [0.15, 0.2) is 97.1 Å². The summed E-state index contributed by atoms with van der Waals surface area (Å²) >= 11 is 2.40. The van der Waals surface area contributed by atoms with Crippen molar-refractivity contribution in [1.82, 2.24) is 15.0 Å². The van der Waals surface area contributed by atoms with Crippen molar-refractivity contribution in [3.63, 3.8) is 0 Å². The van der Waals surface area contributed by atoms with Gasteiger partial charge < -0.3 is 0 Å². The maximum Gasteiger partial charge on any atom is 0.164 e. The van der Waals surface area contributed by atoms with Gasteiger partial charge in [-0.2, -0.15) is 0 Å². The van der Waals surface area contributed by atoms with E-state index < -0.39 is 0 Å². The molecule has 0 atom stereocenters. The smallest absolute Gasteiger partial charge is 0.164 e. The van der Waals surface area contributed by atoms with Gasteiger partial charge in [-0.1, -0.05) is 92.7 Å². The Morgan fingerprint density at radius 2 is 1.00 bits per heavy atom. The summed E-state index contributed by atoms with van der Waals surface area (Å²) in [5.41, 5.74) is 8.17. The number of aromatic nitrogens is 3. The van der Waals surface area contributed by atoms with Crippen LogP contribution in [-0.4, -0.2) is 15.0 Å². The minimum absolute atomic E-state index is 0.0839. The number of rotatable bonds is 3. The molecule has 1 aliphatic rings. The molecular weight excluding hydrogens is 529 g/mol. The molecule has 1 aliphatic carbocycles. The van der Waals surface area contributed by atoms with Gasteiger partial charge in [0.2, 0.25) is 0 Å². The SMILES string of the molecule is CC1(C)c2cc(I)ccc2-c2ccc(-c3nc(-c4ccccc4)nc(-c4ccccc4)n3)cc21. The molecule has 0 amide bonds. The van der Waals surface area contributed by atoms with Gasteiger partial charge >= 0.3 is 0 Å². The van der Waals surface area contributed by atoms with Crippen LogP contribution >= 0.6 is 22.6 Å². The Balaban J connectivity index is 1.53. The molecule has 0 unspecified atom stereocenters. The van der Waals surface area contributed by atoms with Gasteiger partial charge in [0.25, 0.3) is 0 Å². The lowest BCUT2D eigenvalue weighted by atomic mass is 9.82. The average molecular weight is 551 g/mol. The van der Waals surface area contributed by atoms with Crippen molar-refractivity contribution >= 4 is 22.6 Å². The third-order valence-electron chi connectivity index (χ3n) is 6.60. The summed E-state index contributed by atoms with van der Waals surface area (Å²) in [6.45, 7) is 4.60. The zero-order valence-corrected chi connectivity index (χ0v) is 21.1. The molecule has 0 spiro atoms. The largest absolute Gasteiger partial charge is 0.208 e. The van der Waals surface area contributed by atoms with Gasteiger partial charge in [0.15, 0.2) is 17.5 Å². The van der Waals surface area contributed by atoms with E-state index >= 15 is 0 Å². The van der Waals surface area contributed by atoms with E-state index in [0.717, 1.165) is 16.7 Å². The molecule has 0 aliphatic heterocycles. The number of hydrogen-bond acceptors (Lipinski definition) is 3. The second-order valence-electron chi connectivity index (χ2n) is 9.11. The van der Waals surface area contributed by atoms with Crippen LogP contribution in [0.2, 0.25) is 0 Å². The normalized spacial score (nSPS) is 13.4. The Labute approximate surface area is 213 Å². The summed E-state index contributed by atoms with van der Waals surface area (Å²) in [4.78, 5) is 14.6. The first-order valence-corrected chi connectivity index (χ1v) is 12.4. The van der Waals surface area contributed by atoms with Crippen molar-refractivity contribution in [2.24, 2.45) is 0 Å². The van der Waals surface area contributed by atoms with Gasteiger partial charge in [0.1, 0.15) is 0 Å². The van der Waals surface area contributed by atoms with Gasteiger partial charge in [-0.05, 0) is 63.0 Å². The van der Waals surface area contributed by atoms with E-state index in [4.69, 9.17) is 15.0 Å². The lowest BCUT2D eigenvalue weighted by Crippen LogP contribution is -2.15. The van der Waals surface area contributed by atoms with E-state index in [2.05, 4.69) is 72.8 Å². The molecule has 4 heteroatoms. The topological polar surface area (TPSA) is 38.7 Å². The summed E-state index contributed by atoms with van der Waals surface area (Å²) in [6, 6.07) is 33.6. The zero-order valence-electron chi connectivity index (χ0n) is 19.0. The van der Waals surface area contributed by atoms with Crippen LogP contribution in [0.1, 0.15) is 25.0 Å². The van der Waals surface area contributed by atoms with Crippen molar-refractivity contribution in [2.45, 2.75) is 19.3 Å². The second kappa shape index (κ2) is 8.13. The van der Waals surface area contributed by atoms with E-state index in [1.807, 2.05) is 60.7 Å². The van der Waals surface area contributed by atoms with Crippen molar-refractivity contribution in [2.75, 3.05) is 0 Å². The number of nitrogens with zero attached hydrogens (tertiary/aromatic N) is 3. The quantitative estimate of drug-likeness (QED) is 0.215. The Morgan fingerprint density at radius 3 is 1.56 bits per heavy atom. The van der Waals surface area contributed by atoms with Crippen molar-refractivity contribution in [3.8, 4) is 45.3 Å². The lowest BCUT2D eigenvalue weighted by molar-refractivity contribution is 0.660. The first kappa shape index (κ1) is 21.2. The molecule has 6 rings (SSSR count). The average Bonchev–Trinajstić information content (AvgIpc) is 3.10. The third kappa shape index (κ3) is 3.53. The van der Waals surface area contributed by atoms with Crippen LogP contribution in [0.3, 0.4) is 0 Å².